The van der Waals surface area contributed by atoms with Crippen LogP contribution >= 0.6 is 0 Å². The van der Waals surface area contributed by atoms with E-state index in [0.717, 1.165) is 5.56 Å². The zero-order chi connectivity index (χ0) is 20.8. The van der Waals surface area contributed by atoms with Gasteiger partial charge >= 0.3 is 5.97 Å². The van der Waals surface area contributed by atoms with Crippen molar-refractivity contribution >= 4 is 29.4 Å². The Hall–Kier alpha value is -3.61. The average Bonchev–Trinajstić information content (AvgIpc) is 3.01. The van der Waals surface area contributed by atoms with Crippen LogP contribution in [0, 0.1) is 0 Å². The zero-order valence-corrected chi connectivity index (χ0v) is 16.5. The predicted octanol–water partition coefficient (Wildman–Crippen LogP) is 3.44. The molecule has 1 amide bonds. The van der Waals surface area contributed by atoms with Crippen molar-refractivity contribution in [2.75, 3.05) is 25.3 Å². The molecule has 0 aromatic heterocycles. The van der Waals surface area contributed by atoms with E-state index in [4.69, 9.17) is 14.2 Å². The number of anilines is 1. The van der Waals surface area contributed by atoms with Gasteiger partial charge in [-0.25, -0.2) is 4.79 Å². The van der Waals surface area contributed by atoms with Gasteiger partial charge in [-0.1, -0.05) is 24.3 Å². The van der Waals surface area contributed by atoms with Crippen LogP contribution in [0.4, 0.5) is 5.69 Å². The molecule has 150 valence electrons. The fourth-order valence-electron chi connectivity index (χ4n) is 2.83. The third-order valence-corrected chi connectivity index (χ3v) is 4.21. The molecule has 29 heavy (non-hydrogen) atoms. The van der Waals surface area contributed by atoms with Gasteiger partial charge in [0.25, 0.3) is 5.91 Å². The van der Waals surface area contributed by atoms with Crippen LogP contribution in [0.2, 0.25) is 0 Å². The molecular weight excluding hydrogens is 372 g/mol. The van der Waals surface area contributed by atoms with Gasteiger partial charge in [0.1, 0.15) is 0 Å². The molecule has 0 unspecified atom stereocenters. The van der Waals surface area contributed by atoms with Crippen molar-refractivity contribution in [3.8, 4) is 11.5 Å². The third-order valence-electron chi connectivity index (χ3n) is 4.21. The van der Waals surface area contributed by atoms with Crippen LogP contribution in [0.5, 0.6) is 11.5 Å². The Bertz CT molecular complexity index is 966. The summed E-state index contributed by atoms with van der Waals surface area (Å²) in [6.45, 7) is 3.61. The molecule has 0 atom stereocenters. The molecular formula is C22H22N2O5. The monoisotopic (exact) mass is 394 g/mol. The number of ether oxygens (including phenoxy) is 3. The molecule has 0 radical (unpaired) electrons. The molecule has 2 aromatic carbocycles. The van der Waals surface area contributed by atoms with E-state index >= 15 is 0 Å². The lowest BCUT2D eigenvalue weighted by molar-refractivity contribution is -0.145. The number of para-hydroxylation sites is 1. The normalized spacial score (nSPS) is 14.7. The number of nitrogens with zero attached hydrogens (tertiary/aromatic N) is 2. The fourth-order valence-corrected chi connectivity index (χ4v) is 2.83. The molecule has 0 N–H and O–H groups in total. The number of carbonyl (C=O) groups excluding carboxylic acids is 2. The van der Waals surface area contributed by atoms with Crippen LogP contribution in [0.25, 0.3) is 6.08 Å². The average molecular weight is 394 g/mol. The maximum absolute atomic E-state index is 12.8. The second kappa shape index (κ2) is 9.05. The first kappa shape index (κ1) is 20.1. The largest absolute Gasteiger partial charge is 0.493 e. The summed E-state index contributed by atoms with van der Waals surface area (Å²) >= 11 is 0. The Morgan fingerprint density at radius 2 is 1.90 bits per heavy atom. The highest BCUT2D eigenvalue weighted by Crippen LogP contribution is 2.30. The van der Waals surface area contributed by atoms with Gasteiger partial charge in [-0.05, 0) is 49.8 Å². The van der Waals surface area contributed by atoms with E-state index < -0.39 is 5.97 Å². The summed E-state index contributed by atoms with van der Waals surface area (Å²) in [6.07, 6.45) is 1.75. The number of carbonyl (C=O) groups is 2. The van der Waals surface area contributed by atoms with E-state index in [-0.39, 0.29) is 12.5 Å². The molecule has 7 heteroatoms. The van der Waals surface area contributed by atoms with Gasteiger partial charge in [0.2, 0.25) is 0 Å². The first-order valence-electron chi connectivity index (χ1n) is 9.16. The molecule has 3 rings (SSSR count). The van der Waals surface area contributed by atoms with Gasteiger partial charge in [0.05, 0.1) is 30.7 Å². The van der Waals surface area contributed by atoms with E-state index in [2.05, 4.69) is 5.10 Å². The van der Waals surface area contributed by atoms with Gasteiger partial charge in [-0.15, -0.1) is 0 Å². The van der Waals surface area contributed by atoms with Crippen molar-refractivity contribution in [1.29, 1.82) is 0 Å². The highest BCUT2D eigenvalue weighted by molar-refractivity contribution is 6.32. The maximum Gasteiger partial charge on any atom is 0.344 e. The number of hydrazone groups is 1. The Balaban J connectivity index is 1.80. The number of rotatable bonds is 7. The van der Waals surface area contributed by atoms with Crippen LogP contribution in [-0.2, 0) is 14.3 Å². The van der Waals surface area contributed by atoms with Crippen LogP contribution in [-0.4, -0.2) is 37.9 Å². The molecule has 0 saturated heterocycles. The van der Waals surface area contributed by atoms with Crippen molar-refractivity contribution < 1.29 is 23.8 Å². The molecule has 1 heterocycles. The molecule has 0 saturated carbocycles. The van der Waals surface area contributed by atoms with Crippen LogP contribution in [0.1, 0.15) is 19.4 Å². The summed E-state index contributed by atoms with van der Waals surface area (Å²) in [6, 6.07) is 14.5. The van der Waals surface area contributed by atoms with Crippen LogP contribution in [0.3, 0.4) is 0 Å². The first-order valence-corrected chi connectivity index (χ1v) is 9.16. The quantitative estimate of drug-likeness (QED) is 0.531. The SMILES string of the molecule is CCOC(=O)COc1ccc(C=C2C(=O)N(c3ccccc3)N=C2C)cc1OC. The molecule has 0 aliphatic carbocycles. The summed E-state index contributed by atoms with van der Waals surface area (Å²) in [7, 11) is 1.51. The van der Waals surface area contributed by atoms with Crippen molar-refractivity contribution in [2.45, 2.75) is 13.8 Å². The first-order chi connectivity index (χ1) is 14.0. The van der Waals surface area contributed by atoms with Gasteiger partial charge in [0, 0.05) is 0 Å². The molecule has 7 nitrogen and oxygen atoms in total. The van der Waals surface area contributed by atoms with Crippen molar-refractivity contribution in [3.63, 3.8) is 0 Å². The number of hydrogen-bond donors (Lipinski definition) is 0. The Kier molecular flexibility index (Phi) is 6.29. The standard InChI is InChI=1S/C22H22N2O5/c1-4-28-21(25)14-29-19-11-10-16(13-20(19)27-3)12-18-15(2)23-24(22(18)26)17-8-6-5-7-9-17/h5-13H,4,14H2,1-3H3. The summed E-state index contributed by atoms with van der Waals surface area (Å²) in [4.78, 5) is 24.3. The van der Waals surface area contributed by atoms with Crippen molar-refractivity contribution in [3.05, 3.63) is 59.7 Å². The topological polar surface area (TPSA) is 77.4 Å². The van der Waals surface area contributed by atoms with E-state index in [1.54, 1.807) is 38.1 Å². The molecule has 2 aromatic rings. The number of benzene rings is 2. The molecule has 0 bridgehead atoms. The number of amides is 1. The van der Waals surface area contributed by atoms with E-state index in [9.17, 15) is 9.59 Å². The van der Waals surface area contributed by atoms with Gasteiger partial charge in [-0.3, -0.25) is 4.79 Å². The second-order valence-corrected chi connectivity index (χ2v) is 6.20. The lowest BCUT2D eigenvalue weighted by atomic mass is 10.1. The molecule has 1 aliphatic heterocycles. The van der Waals surface area contributed by atoms with Crippen molar-refractivity contribution in [1.82, 2.24) is 0 Å². The lowest BCUT2D eigenvalue weighted by Gasteiger charge is -2.12. The number of hydrogen-bond acceptors (Lipinski definition) is 6. The minimum Gasteiger partial charge on any atom is -0.493 e. The van der Waals surface area contributed by atoms with Gasteiger partial charge < -0.3 is 14.2 Å². The van der Waals surface area contributed by atoms with Crippen LogP contribution in [0.15, 0.2) is 59.2 Å². The van der Waals surface area contributed by atoms with E-state index in [0.29, 0.717) is 35.1 Å². The maximum atomic E-state index is 12.8. The number of esters is 1. The minimum atomic E-state index is -0.454. The second-order valence-electron chi connectivity index (χ2n) is 6.20. The van der Waals surface area contributed by atoms with Gasteiger partial charge in [0.15, 0.2) is 18.1 Å². The van der Waals surface area contributed by atoms with Gasteiger partial charge in [-0.2, -0.15) is 10.1 Å². The Morgan fingerprint density at radius 3 is 2.59 bits per heavy atom. The highest BCUT2D eigenvalue weighted by Gasteiger charge is 2.28. The summed E-state index contributed by atoms with van der Waals surface area (Å²) < 4.78 is 15.7. The third kappa shape index (κ3) is 4.63. The summed E-state index contributed by atoms with van der Waals surface area (Å²) in [5, 5.41) is 5.75. The minimum absolute atomic E-state index is 0.199. The highest BCUT2D eigenvalue weighted by atomic mass is 16.6. The Morgan fingerprint density at radius 1 is 1.14 bits per heavy atom. The predicted molar refractivity (Wildman–Crippen MR) is 110 cm³/mol. The molecule has 0 spiro atoms. The molecule has 1 aliphatic rings. The van der Waals surface area contributed by atoms with E-state index in [1.165, 1.54) is 12.1 Å². The zero-order valence-electron chi connectivity index (χ0n) is 16.5. The Labute approximate surface area is 169 Å². The molecule has 0 fully saturated rings. The van der Waals surface area contributed by atoms with Crippen LogP contribution < -0.4 is 14.5 Å². The van der Waals surface area contributed by atoms with Crippen molar-refractivity contribution in [2.24, 2.45) is 5.10 Å². The summed E-state index contributed by atoms with van der Waals surface area (Å²) in [5.74, 6) is 0.209. The smallest absolute Gasteiger partial charge is 0.344 e. The fraction of sp³-hybridized carbons (Fsp3) is 0.227. The van der Waals surface area contributed by atoms with E-state index in [1.807, 2.05) is 30.3 Å². The lowest BCUT2D eigenvalue weighted by Crippen LogP contribution is -2.21. The number of methoxy groups -OCH3 is 1. The summed E-state index contributed by atoms with van der Waals surface area (Å²) in [5.41, 5.74) is 2.58.